The molecule has 1 unspecified atom stereocenters. The molecule has 0 saturated heterocycles. The zero-order valence-corrected chi connectivity index (χ0v) is 11.4. The Morgan fingerprint density at radius 2 is 1.68 bits per heavy atom. The van der Waals surface area contributed by atoms with E-state index in [9.17, 15) is 25.5 Å². The topological polar surface area (TPSA) is 110 Å². The monoisotopic (exact) mass is 302 g/mol. The summed E-state index contributed by atoms with van der Waals surface area (Å²) in [6, 6.07) is 5.77. The second kappa shape index (κ2) is 3.98. The van der Waals surface area contributed by atoms with Crippen LogP contribution in [-0.4, -0.2) is 37.7 Å². The van der Waals surface area contributed by atoms with Crippen LogP contribution in [0.4, 0.5) is 0 Å². The van der Waals surface area contributed by atoms with Crippen molar-refractivity contribution in [2.75, 3.05) is 6.61 Å². The molecule has 0 aromatic heterocycles. The minimum absolute atomic E-state index is 0.0577. The molecule has 0 amide bonds. The van der Waals surface area contributed by atoms with Crippen LogP contribution < -0.4 is 4.74 Å². The van der Waals surface area contributed by atoms with Crippen molar-refractivity contribution in [3.63, 3.8) is 0 Å². The van der Waals surface area contributed by atoms with Gasteiger partial charge in [0.05, 0.1) is 0 Å². The molecule has 6 heteroatoms. The summed E-state index contributed by atoms with van der Waals surface area (Å²) in [5, 5.41) is 49.8. The van der Waals surface area contributed by atoms with Gasteiger partial charge in [0, 0.05) is 17.9 Å². The minimum Gasteiger partial charge on any atom is -0.504 e. The second-order valence-corrected chi connectivity index (χ2v) is 5.89. The van der Waals surface area contributed by atoms with Crippen molar-refractivity contribution < 1.29 is 30.3 Å². The van der Waals surface area contributed by atoms with E-state index < -0.39 is 11.5 Å². The highest BCUT2D eigenvalue weighted by molar-refractivity contribution is 5.63. The lowest BCUT2D eigenvalue weighted by atomic mass is 9.80. The van der Waals surface area contributed by atoms with Crippen molar-refractivity contribution in [2.24, 2.45) is 0 Å². The van der Waals surface area contributed by atoms with E-state index in [1.807, 2.05) is 0 Å². The molecule has 22 heavy (non-hydrogen) atoms. The van der Waals surface area contributed by atoms with Gasteiger partial charge >= 0.3 is 0 Å². The molecule has 0 bridgehead atoms. The largest absolute Gasteiger partial charge is 0.504 e. The number of hydrogen-bond donors (Lipinski definition) is 5. The summed E-state index contributed by atoms with van der Waals surface area (Å²) in [6.45, 7) is -0.0577. The van der Waals surface area contributed by atoms with Crippen molar-refractivity contribution >= 4 is 0 Å². The Kier molecular flexibility index (Phi) is 2.37. The molecule has 4 rings (SSSR count). The summed E-state index contributed by atoms with van der Waals surface area (Å²) in [4.78, 5) is 0. The van der Waals surface area contributed by atoms with Crippen molar-refractivity contribution in [3.05, 3.63) is 41.0 Å². The third kappa shape index (κ3) is 1.52. The van der Waals surface area contributed by atoms with Crippen molar-refractivity contribution in [1.29, 1.82) is 0 Å². The Balaban J connectivity index is 1.97. The maximum atomic E-state index is 10.9. The molecule has 114 valence electrons. The summed E-state index contributed by atoms with van der Waals surface area (Å²) in [5.41, 5.74) is 0.700. The van der Waals surface area contributed by atoms with E-state index in [0.29, 0.717) is 16.7 Å². The van der Waals surface area contributed by atoms with Crippen molar-refractivity contribution in [2.45, 2.75) is 17.9 Å². The van der Waals surface area contributed by atoms with Gasteiger partial charge in [-0.2, -0.15) is 0 Å². The number of hydrogen-bond acceptors (Lipinski definition) is 6. The molecule has 2 aromatic rings. The van der Waals surface area contributed by atoms with Gasteiger partial charge in [-0.25, -0.2) is 0 Å². The van der Waals surface area contributed by atoms with Crippen LogP contribution in [0, 0.1) is 0 Å². The lowest BCUT2D eigenvalue weighted by Gasteiger charge is -2.36. The molecule has 2 aromatic carbocycles. The van der Waals surface area contributed by atoms with Gasteiger partial charge in [0.1, 0.15) is 12.2 Å². The predicted octanol–water partition coefficient (Wildman–Crippen LogP) is 1.32. The first-order valence-corrected chi connectivity index (χ1v) is 6.85. The second-order valence-electron chi connectivity index (χ2n) is 5.89. The van der Waals surface area contributed by atoms with Gasteiger partial charge in [-0.1, -0.05) is 6.07 Å². The average molecular weight is 302 g/mol. The SMILES string of the molecule is Oc1cc2c(cc1O)C1c3ccc(O)c(O)c3OC[C@@]1(O)C2. The summed E-state index contributed by atoms with van der Waals surface area (Å²) < 4.78 is 5.46. The molecule has 1 heterocycles. The first-order valence-electron chi connectivity index (χ1n) is 6.85. The number of benzene rings is 2. The summed E-state index contributed by atoms with van der Waals surface area (Å²) in [7, 11) is 0. The number of phenols is 4. The molecular formula is C16H14O6. The standard InChI is InChI=1S/C16H14O6/c17-10-2-1-8-13-9-4-12(19)11(18)3-7(9)5-16(13,21)6-22-15(8)14(10)20/h1-4,13,17-21H,5-6H2/t13?,16-/m0/s1. The zero-order chi connectivity index (χ0) is 15.6. The van der Waals surface area contributed by atoms with Gasteiger partial charge in [0.2, 0.25) is 5.75 Å². The van der Waals surface area contributed by atoms with Gasteiger partial charge in [-0.3, -0.25) is 0 Å². The van der Waals surface area contributed by atoms with E-state index in [2.05, 4.69) is 0 Å². The van der Waals surface area contributed by atoms with Gasteiger partial charge in [0.25, 0.3) is 0 Å². The number of ether oxygens (including phenoxy) is 1. The van der Waals surface area contributed by atoms with E-state index in [1.54, 1.807) is 6.07 Å². The average Bonchev–Trinajstić information content (AvgIpc) is 2.75. The van der Waals surface area contributed by atoms with E-state index in [0.717, 1.165) is 0 Å². The first-order chi connectivity index (χ1) is 10.4. The van der Waals surface area contributed by atoms with E-state index in [1.165, 1.54) is 18.2 Å². The molecule has 1 aliphatic heterocycles. The molecule has 6 nitrogen and oxygen atoms in total. The normalized spacial score (nSPS) is 25.0. The summed E-state index contributed by atoms with van der Waals surface area (Å²) in [6.07, 6.45) is 0.266. The van der Waals surface area contributed by atoms with Gasteiger partial charge in [0.15, 0.2) is 23.0 Å². The molecule has 1 aliphatic carbocycles. The van der Waals surface area contributed by atoms with Crippen LogP contribution in [0.1, 0.15) is 22.6 Å². The molecule has 0 fully saturated rings. The zero-order valence-electron chi connectivity index (χ0n) is 11.4. The minimum atomic E-state index is -1.22. The highest BCUT2D eigenvalue weighted by atomic mass is 16.5. The molecular weight excluding hydrogens is 288 g/mol. The van der Waals surface area contributed by atoms with Crippen LogP contribution in [0.15, 0.2) is 24.3 Å². The summed E-state index contributed by atoms with van der Waals surface area (Å²) in [5.74, 6) is -1.54. The fourth-order valence-electron chi connectivity index (χ4n) is 3.52. The Morgan fingerprint density at radius 1 is 0.955 bits per heavy atom. The molecule has 2 atom stereocenters. The Labute approximate surface area is 125 Å². The first kappa shape index (κ1) is 13.1. The number of rotatable bonds is 0. The third-order valence-corrected chi connectivity index (χ3v) is 4.50. The highest BCUT2D eigenvalue weighted by Crippen LogP contribution is 2.55. The van der Waals surface area contributed by atoms with E-state index in [4.69, 9.17) is 4.74 Å². The smallest absolute Gasteiger partial charge is 0.200 e. The number of phenolic OH excluding ortho intramolecular Hbond substituents is 4. The van der Waals surface area contributed by atoms with Crippen LogP contribution in [0.3, 0.4) is 0 Å². The Hall–Kier alpha value is -2.60. The van der Waals surface area contributed by atoms with Gasteiger partial charge < -0.3 is 30.3 Å². The van der Waals surface area contributed by atoms with Crippen molar-refractivity contribution in [1.82, 2.24) is 0 Å². The maximum Gasteiger partial charge on any atom is 0.200 e. The van der Waals surface area contributed by atoms with Crippen LogP contribution in [-0.2, 0) is 6.42 Å². The quantitative estimate of drug-likeness (QED) is 0.469. The Morgan fingerprint density at radius 3 is 2.45 bits per heavy atom. The van der Waals surface area contributed by atoms with E-state index in [-0.39, 0.29) is 41.8 Å². The summed E-state index contributed by atoms with van der Waals surface area (Å²) >= 11 is 0. The molecule has 0 spiro atoms. The van der Waals surface area contributed by atoms with Gasteiger partial charge in [-0.15, -0.1) is 0 Å². The molecule has 0 saturated carbocycles. The number of aromatic hydroxyl groups is 4. The molecule has 0 radical (unpaired) electrons. The van der Waals surface area contributed by atoms with Crippen LogP contribution >= 0.6 is 0 Å². The maximum absolute atomic E-state index is 10.9. The fourth-order valence-corrected chi connectivity index (χ4v) is 3.52. The lowest BCUT2D eigenvalue weighted by Crippen LogP contribution is -2.43. The van der Waals surface area contributed by atoms with Gasteiger partial charge in [-0.05, 0) is 29.3 Å². The number of fused-ring (bicyclic) bond motifs is 5. The molecule has 5 N–H and O–H groups in total. The molecule has 2 aliphatic rings. The fraction of sp³-hybridized carbons (Fsp3) is 0.250. The number of aliphatic hydroxyl groups is 1. The van der Waals surface area contributed by atoms with Crippen LogP contribution in [0.25, 0.3) is 0 Å². The van der Waals surface area contributed by atoms with Crippen LogP contribution in [0.2, 0.25) is 0 Å². The Bertz CT molecular complexity index is 800. The van der Waals surface area contributed by atoms with Crippen molar-refractivity contribution in [3.8, 4) is 28.7 Å². The lowest BCUT2D eigenvalue weighted by molar-refractivity contribution is -0.0228. The third-order valence-electron chi connectivity index (χ3n) is 4.50. The van der Waals surface area contributed by atoms with E-state index >= 15 is 0 Å². The highest BCUT2D eigenvalue weighted by Gasteiger charge is 2.51. The van der Waals surface area contributed by atoms with Crippen LogP contribution in [0.5, 0.6) is 28.7 Å². The predicted molar refractivity (Wildman–Crippen MR) is 75.5 cm³/mol.